The SMILES string of the molecule is COC(=O)c1ccc(Oc2cc(C)ccc2F)c(N)c1. The zero-order chi connectivity index (χ0) is 14.7. The van der Waals surface area contributed by atoms with Crippen molar-refractivity contribution in [2.75, 3.05) is 12.8 Å². The predicted molar refractivity (Wildman–Crippen MR) is 73.4 cm³/mol. The van der Waals surface area contributed by atoms with Crippen molar-refractivity contribution in [3.05, 3.63) is 53.3 Å². The normalized spacial score (nSPS) is 10.2. The number of ether oxygens (including phenoxy) is 2. The van der Waals surface area contributed by atoms with Crippen molar-refractivity contribution in [3.63, 3.8) is 0 Å². The Morgan fingerprint density at radius 2 is 1.90 bits per heavy atom. The molecule has 0 fully saturated rings. The summed E-state index contributed by atoms with van der Waals surface area (Å²) >= 11 is 0. The first-order valence-corrected chi connectivity index (χ1v) is 5.93. The van der Waals surface area contributed by atoms with Gasteiger partial charge in [-0.15, -0.1) is 0 Å². The molecule has 0 spiro atoms. The Morgan fingerprint density at radius 1 is 1.15 bits per heavy atom. The van der Waals surface area contributed by atoms with Crippen molar-refractivity contribution in [2.45, 2.75) is 6.92 Å². The molecule has 0 heterocycles. The van der Waals surface area contributed by atoms with Crippen LogP contribution in [0.5, 0.6) is 11.5 Å². The van der Waals surface area contributed by atoms with Crippen molar-refractivity contribution in [1.29, 1.82) is 0 Å². The highest BCUT2D eigenvalue weighted by atomic mass is 19.1. The molecule has 2 rings (SSSR count). The summed E-state index contributed by atoms with van der Waals surface area (Å²) < 4.78 is 23.6. The molecule has 0 aliphatic carbocycles. The van der Waals surface area contributed by atoms with Gasteiger partial charge in [0.05, 0.1) is 18.4 Å². The molecule has 0 atom stereocenters. The van der Waals surface area contributed by atoms with E-state index in [0.717, 1.165) is 5.56 Å². The van der Waals surface area contributed by atoms with E-state index < -0.39 is 11.8 Å². The number of nitrogen functional groups attached to an aromatic ring is 1. The fourth-order valence-corrected chi connectivity index (χ4v) is 1.69. The predicted octanol–water partition coefficient (Wildman–Crippen LogP) is 3.30. The summed E-state index contributed by atoms with van der Waals surface area (Å²) in [6, 6.07) is 8.97. The van der Waals surface area contributed by atoms with Gasteiger partial charge in [0.15, 0.2) is 17.3 Å². The average Bonchev–Trinajstić information content (AvgIpc) is 2.44. The molecule has 4 nitrogen and oxygen atoms in total. The highest BCUT2D eigenvalue weighted by Crippen LogP contribution is 2.30. The number of methoxy groups -OCH3 is 1. The zero-order valence-corrected chi connectivity index (χ0v) is 11.1. The van der Waals surface area contributed by atoms with Gasteiger partial charge in [-0.1, -0.05) is 6.07 Å². The van der Waals surface area contributed by atoms with E-state index in [4.69, 9.17) is 10.5 Å². The first-order chi connectivity index (χ1) is 9.51. The number of rotatable bonds is 3. The number of halogens is 1. The number of carbonyl (C=O) groups excluding carboxylic acids is 1. The molecule has 0 saturated carbocycles. The maximum Gasteiger partial charge on any atom is 0.337 e. The van der Waals surface area contributed by atoms with Crippen LogP contribution in [-0.2, 0) is 4.74 Å². The molecule has 0 saturated heterocycles. The monoisotopic (exact) mass is 275 g/mol. The molecule has 0 aromatic heterocycles. The van der Waals surface area contributed by atoms with Gasteiger partial charge in [-0.25, -0.2) is 9.18 Å². The first-order valence-electron chi connectivity index (χ1n) is 5.93. The van der Waals surface area contributed by atoms with E-state index in [1.807, 2.05) is 6.92 Å². The molecule has 2 aromatic carbocycles. The minimum atomic E-state index is -0.495. The lowest BCUT2D eigenvalue weighted by Gasteiger charge is -2.10. The third-order valence-electron chi connectivity index (χ3n) is 2.74. The van der Waals surface area contributed by atoms with Crippen LogP contribution in [0.3, 0.4) is 0 Å². The summed E-state index contributed by atoms with van der Waals surface area (Å²) in [7, 11) is 1.28. The quantitative estimate of drug-likeness (QED) is 0.689. The summed E-state index contributed by atoms with van der Waals surface area (Å²) in [5.74, 6) is -0.610. The van der Waals surface area contributed by atoms with E-state index in [0.29, 0.717) is 5.56 Å². The molecule has 104 valence electrons. The van der Waals surface area contributed by atoms with Crippen molar-refractivity contribution in [2.24, 2.45) is 0 Å². The second kappa shape index (κ2) is 5.61. The third-order valence-corrected chi connectivity index (χ3v) is 2.74. The van der Waals surface area contributed by atoms with E-state index in [1.165, 1.54) is 31.4 Å². The Bertz CT molecular complexity index is 656. The van der Waals surface area contributed by atoms with Gasteiger partial charge < -0.3 is 15.2 Å². The Hall–Kier alpha value is -2.56. The molecular formula is C15H14FNO3. The van der Waals surface area contributed by atoms with Crippen LogP contribution in [0.15, 0.2) is 36.4 Å². The number of hydrogen-bond donors (Lipinski definition) is 1. The van der Waals surface area contributed by atoms with Crippen LogP contribution in [-0.4, -0.2) is 13.1 Å². The number of carbonyl (C=O) groups is 1. The van der Waals surface area contributed by atoms with Gasteiger partial charge in [-0.2, -0.15) is 0 Å². The minimum absolute atomic E-state index is 0.0857. The maximum atomic E-state index is 13.6. The molecule has 0 aliphatic rings. The van der Waals surface area contributed by atoms with E-state index in [9.17, 15) is 9.18 Å². The number of benzene rings is 2. The Labute approximate surface area is 115 Å². The van der Waals surface area contributed by atoms with Gasteiger partial charge in [-0.05, 0) is 42.8 Å². The number of hydrogen-bond acceptors (Lipinski definition) is 4. The summed E-state index contributed by atoms with van der Waals surface area (Å²) in [4.78, 5) is 11.4. The van der Waals surface area contributed by atoms with Crippen molar-refractivity contribution < 1.29 is 18.7 Å². The molecule has 0 amide bonds. The van der Waals surface area contributed by atoms with Crippen LogP contribution in [0.4, 0.5) is 10.1 Å². The molecule has 20 heavy (non-hydrogen) atoms. The van der Waals surface area contributed by atoms with Crippen molar-refractivity contribution in [1.82, 2.24) is 0 Å². The fourth-order valence-electron chi connectivity index (χ4n) is 1.69. The topological polar surface area (TPSA) is 61.5 Å². The molecule has 2 aromatic rings. The lowest BCUT2D eigenvalue weighted by atomic mass is 10.2. The van der Waals surface area contributed by atoms with Gasteiger partial charge in [0, 0.05) is 0 Å². The summed E-state index contributed by atoms with van der Waals surface area (Å²) in [5.41, 5.74) is 7.20. The molecule has 0 radical (unpaired) electrons. The number of aryl methyl sites for hydroxylation is 1. The highest BCUT2D eigenvalue weighted by molar-refractivity contribution is 5.90. The van der Waals surface area contributed by atoms with Gasteiger partial charge >= 0.3 is 5.97 Å². The summed E-state index contributed by atoms with van der Waals surface area (Å²) in [5, 5.41) is 0. The van der Waals surface area contributed by atoms with Crippen LogP contribution in [0.1, 0.15) is 15.9 Å². The lowest BCUT2D eigenvalue weighted by molar-refractivity contribution is 0.0601. The molecule has 2 N–H and O–H groups in total. The second-order valence-corrected chi connectivity index (χ2v) is 4.28. The fraction of sp³-hybridized carbons (Fsp3) is 0.133. The molecule has 0 aliphatic heterocycles. The first kappa shape index (κ1) is 13.9. The van der Waals surface area contributed by atoms with E-state index in [2.05, 4.69) is 4.74 Å². The van der Waals surface area contributed by atoms with Crippen LogP contribution >= 0.6 is 0 Å². The van der Waals surface area contributed by atoms with Crippen LogP contribution < -0.4 is 10.5 Å². The van der Waals surface area contributed by atoms with E-state index >= 15 is 0 Å². The molecular weight excluding hydrogens is 261 g/mol. The van der Waals surface area contributed by atoms with E-state index in [-0.39, 0.29) is 17.2 Å². The van der Waals surface area contributed by atoms with Gasteiger partial charge in [0.25, 0.3) is 0 Å². The largest absolute Gasteiger partial charge is 0.465 e. The third kappa shape index (κ3) is 2.88. The molecule has 0 bridgehead atoms. The summed E-state index contributed by atoms with van der Waals surface area (Å²) in [6.07, 6.45) is 0. The standard InChI is InChI=1S/C15H14FNO3/c1-9-3-5-11(16)14(7-9)20-13-6-4-10(8-12(13)17)15(18)19-2/h3-8H,17H2,1-2H3. The second-order valence-electron chi connectivity index (χ2n) is 4.28. The minimum Gasteiger partial charge on any atom is -0.465 e. The summed E-state index contributed by atoms with van der Waals surface area (Å²) in [6.45, 7) is 1.83. The van der Waals surface area contributed by atoms with Crippen LogP contribution in [0.25, 0.3) is 0 Å². The number of anilines is 1. The van der Waals surface area contributed by atoms with Gasteiger partial charge in [-0.3, -0.25) is 0 Å². The molecule has 5 heteroatoms. The molecule has 0 unspecified atom stereocenters. The highest BCUT2D eigenvalue weighted by Gasteiger charge is 2.11. The van der Waals surface area contributed by atoms with Crippen LogP contribution in [0.2, 0.25) is 0 Å². The maximum absolute atomic E-state index is 13.6. The zero-order valence-electron chi connectivity index (χ0n) is 11.1. The van der Waals surface area contributed by atoms with Crippen molar-refractivity contribution >= 4 is 11.7 Å². The smallest absolute Gasteiger partial charge is 0.337 e. The van der Waals surface area contributed by atoms with Gasteiger partial charge in [0.2, 0.25) is 0 Å². The Morgan fingerprint density at radius 3 is 2.55 bits per heavy atom. The Kier molecular flexibility index (Phi) is 3.89. The Balaban J connectivity index is 2.30. The lowest BCUT2D eigenvalue weighted by Crippen LogP contribution is -2.03. The van der Waals surface area contributed by atoms with E-state index in [1.54, 1.807) is 12.1 Å². The average molecular weight is 275 g/mol. The van der Waals surface area contributed by atoms with Gasteiger partial charge in [0.1, 0.15) is 0 Å². The van der Waals surface area contributed by atoms with Crippen molar-refractivity contribution in [3.8, 4) is 11.5 Å². The number of esters is 1. The van der Waals surface area contributed by atoms with Crippen LogP contribution in [0, 0.1) is 12.7 Å². The number of nitrogens with two attached hydrogens (primary N) is 1.